The number of rotatable bonds is 0. The van der Waals surface area contributed by atoms with Crippen molar-refractivity contribution in [3.8, 4) is 0 Å². The topological polar surface area (TPSA) is 26.0 Å². The van der Waals surface area contributed by atoms with E-state index in [0.717, 1.165) is 0 Å². The minimum absolute atomic E-state index is 0. The molecular formula is C5H13N. The van der Waals surface area contributed by atoms with Crippen LogP contribution < -0.4 is 5.73 Å². The van der Waals surface area contributed by atoms with E-state index in [1.807, 2.05) is 0 Å². The number of nitrogens with two attached hydrogens (primary N) is 1. The minimum Gasteiger partial charge on any atom is -0.328 e. The highest BCUT2D eigenvalue weighted by atomic mass is 14.6. The fourth-order valence-electron chi connectivity index (χ4n) is 0.440. The van der Waals surface area contributed by atoms with Gasteiger partial charge in [-0.25, -0.2) is 0 Å². The highest BCUT2D eigenvalue weighted by Gasteiger charge is 2.09. The van der Waals surface area contributed by atoms with Crippen LogP contribution in [0.25, 0.3) is 0 Å². The first-order valence-corrected chi connectivity index (χ1v) is 2.15. The fraction of sp³-hybridized carbons (Fsp3) is 1.00. The molecule has 0 aromatic carbocycles. The molecule has 0 aromatic rings. The van der Waals surface area contributed by atoms with Gasteiger partial charge in [0.25, 0.3) is 0 Å². The molecule has 0 amide bonds. The Hall–Kier alpha value is -0.0400. The second-order valence-corrected chi connectivity index (χ2v) is 1.69. The van der Waals surface area contributed by atoms with Crippen LogP contribution in [-0.2, 0) is 0 Å². The Labute approximate surface area is 39.5 Å². The molecule has 1 nitrogen and oxygen atoms in total. The molecule has 0 aliphatic heterocycles. The molecule has 6 heavy (non-hydrogen) atoms. The number of hydrogen-bond acceptors (Lipinski definition) is 1. The summed E-state index contributed by atoms with van der Waals surface area (Å²) in [7, 11) is 0. The third-order valence-electron chi connectivity index (χ3n) is 1.15. The van der Waals surface area contributed by atoms with E-state index in [0.29, 0.717) is 6.04 Å². The van der Waals surface area contributed by atoms with Crippen molar-refractivity contribution in [3.05, 3.63) is 0 Å². The lowest BCUT2D eigenvalue weighted by atomic mass is 9.95. The smallest absolute Gasteiger partial charge is 0.00388 e. The van der Waals surface area contributed by atoms with Gasteiger partial charge < -0.3 is 5.73 Å². The molecule has 0 aromatic heterocycles. The Morgan fingerprint density at radius 1 is 1.33 bits per heavy atom. The van der Waals surface area contributed by atoms with Crippen molar-refractivity contribution >= 4 is 0 Å². The standard InChI is InChI=1S/C4H9N.CH4/c5-4-2-1-3-4;/h4H,1-3,5H2;1H4. The largest absolute Gasteiger partial charge is 0.328 e. The summed E-state index contributed by atoms with van der Waals surface area (Å²) < 4.78 is 0. The highest BCUT2D eigenvalue weighted by Crippen LogP contribution is 2.14. The predicted octanol–water partition coefficient (Wildman–Crippen LogP) is 1.13. The lowest BCUT2D eigenvalue weighted by Crippen LogP contribution is -2.27. The van der Waals surface area contributed by atoms with E-state index >= 15 is 0 Å². The first-order valence-electron chi connectivity index (χ1n) is 2.15. The third kappa shape index (κ3) is 0.977. The second-order valence-electron chi connectivity index (χ2n) is 1.69. The summed E-state index contributed by atoms with van der Waals surface area (Å²) >= 11 is 0. The molecule has 1 rings (SSSR count). The average molecular weight is 87.2 g/mol. The van der Waals surface area contributed by atoms with Crippen molar-refractivity contribution in [2.45, 2.75) is 32.7 Å². The molecule has 1 saturated carbocycles. The zero-order valence-electron chi connectivity index (χ0n) is 3.28. The number of hydrogen-bond donors (Lipinski definition) is 1. The molecule has 1 aliphatic rings. The molecule has 0 radical (unpaired) electrons. The van der Waals surface area contributed by atoms with Crippen molar-refractivity contribution in [3.63, 3.8) is 0 Å². The van der Waals surface area contributed by atoms with Crippen LogP contribution in [0, 0.1) is 0 Å². The van der Waals surface area contributed by atoms with Crippen LogP contribution in [0.2, 0.25) is 0 Å². The molecule has 0 saturated heterocycles. The lowest BCUT2D eigenvalue weighted by molar-refractivity contribution is 0.418. The summed E-state index contributed by atoms with van der Waals surface area (Å²) in [6.07, 6.45) is 3.89. The van der Waals surface area contributed by atoms with E-state index in [1.165, 1.54) is 19.3 Å². The Morgan fingerprint density at radius 3 is 1.67 bits per heavy atom. The summed E-state index contributed by atoms with van der Waals surface area (Å²) in [6.45, 7) is 0. The first kappa shape index (κ1) is 5.96. The van der Waals surface area contributed by atoms with Crippen LogP contribution in [0.4, 0.5) is 0 Å². The van der Waals surface area contributed by atoms with Gasteiger partial charge in [-0.3, -0.25) is 0 Å². The van der Waals surface area contributed by atoms with Gasteiger partial charge in [-0.05, 0) is 12.8 Å². The van der Waals surface area contributed by atoms with Crippen LogP contribution >= 0.6 is 0 Å². The van der Waals surface area contributed by atoms with Gasteiger partial charge in [0.05, 0.1) is 0 Å². The summed E-state index contributed by atoms with van der Waals surface area (Å²) in [5.41, 5.74) is 5.38. The van der Waals surface area contributed by atoms with Crippen molar-refractivity contribution in [2.75, 3.05) is 0 Å². The van der Waals surface area contributed by atoms with Gasteiger partial charge in [-0.2, -0.15) is 0 Å². The Kier molecular flexibility index (Phi) is 2.18. The van der Waals surface area contributed by atoms with Crippen molar-refractivity contribution in [1.29, 1.82) is 0 Å². The molecule has 38 valence electrons. The fourth-order valence-corrected chi connectivity index (χ4v) is 0.440. The van der Waals surface area contributed by atoms with Crippen molar-refractivity contribution < 1.29 is 0 Å². The van der Waals surface area contributed by atoms with Gasteiger partial charge in [-0.1, -0.05) is 13.8 Å². The quantitative estimate of drug-likeness (QED) is 0.471. The van der Waals surface area contributed by atoms with Gasteiger partial charge in [0, 0.05) is 6.04 Å². The van der Waals surface area contributed by atoms with Gasteiger partial charge >= 0.3 is 0 Å². The zero-order valence-corrected chi connectivity index (χ0v) is 3.28. The molecule has 0 atom stereocenters. The van der Waals surface area contributed by atoms with Gasteiger partial charge in [0.1, 0.15) is 0 Å². The van der Waals surface area contributed by atoms with E-state index in [1.54, 1.807) is 0 Å². The molecule has 2 N–H and O–H groups in total. The van der Waals surface area contributed by atoms with E-state index in [4.69, 9.17) is 5.73 Å². The van der Waals surface area contributed by atoms with Crippen LogP contribution in [0.5, 0.6) is 0 Å². The van der Waals surface area contributed by atoms with Crippen LogP contribution in [0.3, 0.4) is 0 Å². The molecule has 1 fully saturated rings. The molecule has 0 bridgehead atoms. The van der Waals surface area contributed by atoms with E-state index in [9.17, 15) is 0 Å². The molecule has 1 heteroatoms. The van der Waals surface area contributed by atoms with Crippen LogP contribution in [0.1, 0.15) is 26.7 Å². The molecule has 0 spiro atoms. The van der Waals surface area contributed by atoms with Gasteiger partial charge in [-0.15, -0.1) is 0 Å². The SMILES string of the molecule is C.NC1CCC1. The maximum Gasteiger partial charge on any atom is 0.00388 e. The average Bonchev–Trinajstić information content (AvgIpc) is 1.30. The molecule has 0 unspecified atom stereocenters. The predicted molar refractivity (Wildman–Crippen MR) is 28.6 cm³/mol. The highest BCUT2D eigenvalue weighted by molar-refractivity contribution is 4.70. The van der Waals surface area contributed by atoms with E-state index in [-0.39, 0.29) is 7.43 Å². The van der Waals surface area contributed by atoms with Crippen LogP contribution in [-0.4, -0.2) is 6.04 Å². The zero-order chi connectivity index (χ0) is 3.70. The summed E-state index contributed by atoms with van der Waals surface area (Å²) in [5.74, 6) is 0. The van der Waals surface area contributed by atoms with Crippen molar-refractivity contribution in [2.24, 2.45) is 5.73 Å². The Morgan fingerprint density at radius 2 is 1.67 bits per heavy atom. The third-order valence-corrected chi connectivity index (χ3v) is 1.15. The summed E-state index contributed by atoms with van der Waals surface area (Å²) in [4.78, 5) is 0. The van der Waals surface area contributed by atoms with Crippen LogP contribution in [0.15, 0.2) is 0 Å². The maximum atomic E-state index is 5.38. The summed E-state index contributed by atoms with van der Waals surface area (Å²) in [6, 6.07) is 0.565. The monoisotopic (exact) mass is 87.1 g/mol. The van der Waals surface area contributed by atoms with Crippen molar-refractivity contribution in [1.82, 2.24) is 0 Å². The molecule has 0 heterocycles. The van der Waals surface area contributed by atoms with E-state index in [2.05, 4.69) is 0 Å². The van der Waals surface area contributed by atoms with Gasteiger partial charge in [0.15, 0.2) is 0 Å². The molecular weight excluding hydrogens is 74.1 g/mol. The first-order chi connectivity index (χ1) is 2.39. The summed E-state index contributed by atoms with van der Waals surface area (Å²) in [5, 5.41) is 0. The normalized spacial score (nSPS) is 21.5. The minimum atomic E-state index is 0. The Balaban J connectivity index is 0.000000250. The lowest BCUT2D eigenvalue weighted by Gasteiger charge is -2.18. The second kappa shape index (κ2) is 2.19. The molecule has 1 aliphatic carbocycles. The van der Waals surface area contributed by atoms with E-state index < -0.39 is 0 Å². The maximum absolute atomic E-state index is 5.38. The van der Waals surface area contributed by atoms with Gasteiger partial charge in [0.2, 0.25) is 0 Å². The Bertz CT molecular complexity index is 30.9.